The molecule has 0 spiro atoms. The van der Waals surface area contributed by atoms with E-state index in [4.69, 9.17) is 9.97 Å². The van der Waals surface area contributed by atoms with E-state index >= 15 is 0 Å². The van der Waals surface area contributed by atoms with E-state index in [-0.39, 0.29) is 0 Å². The summed E-state index contributed by atoms with van der Waals surface area (Å²) >= 11 is 16.4. The Hall–Kier alpha value is -1.48. The Morgan fingerprint density at radius 3 is 0.864 bits per heavy atom. The first kappa shape index (κ1) is 33.9. The van der Waals surface area contributed by atoms with E-state index in [0.717, 1.165) is 114 Å². The maximum absolute atomic E-state index is 5.41. The summed E-state index contributed by atoms with van der Waals surface area (Å²) in [4.78, 5) is 18.6. The minimum atomic E-state index is 0.896. The minimum Gasteiger partial charge on any atom is -0.353 e. The molecule has 0 aliphatic carbocycles. The molecule has 2 aliphatic rings. The molecule has 2 N–H and O–H groups in total. The van der Waals surface area contributed by atoms with Crippen LogP contribution in [-0.2, 0) is 25.7 Å². The van der Waals surface area contributed by atoms with Crippen LogP contribution in [0.15, 0.2) is 17.9 Å². The van der Waals surface area contributed by atoms with Gasteiger partial charge in [0.15, 0.2) is 0 Å². The van der Waals surface area contributed by atoms with Gasteiger partial charge in [0.25, 0.3) is 0 Å². The largest absolute Gasteiger partial charge is 0.353 e. The molecule has 234 valence electrons. The number of halogens is 4. The average molecular weight is 850 g/mol. The maximum atomic E-state index is 5.41. The summed E-state index contributed by atoms with van der Waals surface area (Å²) in [5, 5.41) is 0. The Kier molecular flexibility index (Phi) is 10.6. The quantitative estimate of drug-likeness (QED) is 0.237. The van der Waals surface area contributed by atoms with Crippen molar-refractivity contribution in [1.82, 2.24) is 19.9 Å². The molecular weight excluding hydrogens is 808 g/mol. The molecule has 0 saturated heterocycles. The van der Waals surface area contributed by atoms with E-state index in [9.17, 15) is 0 Å². The molecule has 3 aromatic rings. The fraction of sp³-hybridized carbons (Fsp3) is 0.444. The highest BCUT2D eigenvalue weighted by Gasteiger charge is 2.29. The van der Waals surface area contributed by atoms with Crippen molar-refractivity contribution in [1.29, 1.82) is 0 Å². The summed E-state index contributed by atoms with van der Waals surface area (Å²) in [6, 6.07) is 0. The molecule has 5 rings (SSSR count). The number of aromatic nitrogens is 4. The summed E-state index contributed by atoms with van der Waals surface area (Å²) in [5.41, 5.74) is 19.0. The van der Waals surface area contributed by atoms with Gasteiger partial charge in [0, 0.05) is 0 Å². The third-order valence-electron chi connectivity index (χ3n) is 9.29. The van der Waals surface area contributed by atoms with Crippen molar-refractivity contribution in [3.8, 4) is 0 Å². The van der Waals surface area contributed by atoms with Crippen LogP contribution in [0.25, 0.3) is 44.4 Å². The zero-order valence-electron chi connectivity index (χ0n) is 27.1. The van der Waals surface area contributed by atoms with Gasteiger partial charge >= 0.3 is 0 Å². The molecule has 8 bridgehead atoms. The van der Waals surface area contributed by atoms with E-state index in [1.54, 1.807) is 0 Å². The second-order valence-corrected chi connectivity index (χ2v) is 14.5. The van der Waals surface area contributed by atoms with Gasteiger partial charge in [0.1, 0.15) is 0 Å². The second kappa shape index (κ2) is 13.7. The number of fused-ring (bicyclic) bond motifs is 8. The van der Waals surface area contributed by atoms with Crippen molar-refractivity contribution in [2.24, 2.45) is 0 Å². The SMILES string of the molecule is CCC1=C(CC)c2nc1c(Br)c1nc(c(Br)c3[nH]c(c(CC)c3CC)c(Br)c3[nH]c(c2Br)c(CC)c3CC)C(CC)=C1CC. The van der Waals surface area contributed by atoms with Crippen LogP contribution in [-0.4, -0.2) is 19.9 Å². The first-order valence-electron chi connectivity index (χ1n) is 16.1. The molecule has 0 fully saturated rings. The van der Waals surface area contributed by atoms with Crippen LogP contribution in [0.4, 0.5) is 0 Å². The highest BCUT2D eigenvalue weighted by molar-refractivity contribution is 9.11. The third kappa shape index (κ3) is 5.18. The van der Waals surface area contributed by atoms with Crippen LogP contribution < -0.4 is 0 Å². The fourth-order valence-corrected chi connectivity index (χ4v) is 9.92. The van der Waals surface area contributed by atoms with Gasteiger partial charge in [-0.15, -0.1) is 0 Å². The molecule has 0 amide bonds. The van der Waals surface area contributed by atoms with Crippen LogP contribution in [0.1, 0.15) is 126 Å². The highest BCUT2D eigenvalue weighted by Crippen LogP contribution is 2.47. The average Bonchev–Trinajstić information content (AvgIpc) is 3.80. The monoisotopic (exact) mass is 846 g/mol. The standard InChI is InChI=1S/C36H42Br4N4/c1-9-17-18(10-2)30-26(38)32-21(13-5)22(14-6)34(43-32)28(40)36-24(16-8)23(15-7)35(44-36)27(39)33-20(12-4)19(11-3)31(42-33)25(37)29(17)41-30/h41-42H,9-16H2,1-8H3. The lowest BCUT2D eigenvalue weighted by atomic mass is 9.97. The van der Waals surface area contributed by atoms with Crippen molar-refractivity contribution in [3.05, 3.63) is 62.9 Å². The number of H-pyrrole nitrogens is 2. The molecule has 44 heavy (non-hydrogen) atoms. The van der Waals surface area contributed by atoms with Crippen LogP contribution in [0.2, 0.25) is 0 Å². The summed E-state index contributed by atoms with van der Waals surface area (Å²) < 4.78 is 4.09. The fourth-order valence-electron chi connectivity index (χ4n) is 7.25. The number of rotatable bonds is 8. The first-order valence-corrected chi connectivity index (χ1v) is 19.3. The van der Waals surface area contributed by atoms with E-state index < -0.39 is 0 Å². The molecular formula is C36H42Br4N4. The molecule has 2 aliphatic heterocycles. The van der Waals surface area contributed by atoms with E-state index in [1.807, 2.05) is 0 Å². The van der Waals surface area contributed by atoms with E-state index in [1.165, 1.54) is 44.5 Å². The minimum absolute atomic E-state index is 0.896. The Labute approximate surface area is 295 Å². The number of nitrogens with one attached hydrogen (secondary N) is 2. The Morgan fingerprint density at radius 2 is 0.614 bits per heavy atom. The van der Waals surface area contributed by atoms with Gasteiger partial charge in [-0.2, -0.15) is 0 Å². The van der Waals surface area contributed by atoms with E-state index in [2.05, 4.69) is 129 Å². The smallest absolute Gasteiger partial charge is 0.0836 e. The second-order valence-electron chi connectivity index (χ2n) is 11.3. The molecule has 8 heteroatoms. The number of nitrogens with zero attached hydrogens (tertiary/aromatic N) is 2. The zero-order valence-corrected chi connectivity index (χ0v) is 33.4. The number of hydrogen-bond donors (Lipinski definition) is 2. The van der Waals surface area contributed by atoms with Gasteiger partial charge in [-0.1, -0.05) is 55.4 Å². The van der Waals surface area contributed by atoms with Gasteiger partial charge in [-0.05, 0) is 160 Å². The topological polar surface area (TPSA) is 57.4 Å². The number of aromatic amines is 2. The van der Waals surface area contributed by atoms with Crippen molar-refractivity contribution in [2.45, 2.75) is 107 Å². The predicted molar refractivity (Wildman–Crippen MR) is 204 cm³/mol. The number of aryl methyl sites for hydroxylation is 4. The van der Waals surface area contributed by atoms with Crippen LogP contribution >= 0.6 is 63.7 Å². The summed E-state index contributed by atoms with van der Waals surface area (Å²) in [6.07, 6.45) is 7.29. The predicted octanol–water partition coefficient (Wildman–Crippen LogP) is 13.1. The van der Waals surface area contributed by atoms with Crippen molar-refractivity contribution < 1.29 is 0 Å². The lowest BCUT2D eigenvalue weighted by Gasteiger charge is -2.08. The summed E-state index contributed by atoms with van der Waals surface area (Å²) in [5.74, 6) is 0. The Bertz CT molecular complexity index is 1760. The molecule has 3 aromatic heterocycles. The molecule has 0 atom stereocenters. The number of allylic oxidation sites excluding steroid dienone is 4. The Balaban J connectivity index is 2.18. The van der Waals surface area contributed by atoms with Crippen LogP contribution in [0.3, 0.4) is 0 Å². The van der Waals surface area contributed by atoms with Gasteiger partial charge in [0.2, 0.25) is 0 Å². The molecule has 0 radical (unpaired) electrons. The van der Waals surface area contributed by atoms with Crippen LogP contribution in [0.5, 0.6) is 0 Å². The molecule has 0 saturated carbocycles. The maximum Gasteiger partial charge on any atom is 0.0836 e. The van der Waals surface area contributed by atoms with Crippen molar-refractivity contribution >= 4 is 108 Å². The summed E-state index contributed by atoms with van der Waals surface area (Å²) in [7, 11) is 0. The normalized spacial score (nSPS) is 13.5. The third-order valence-corrected chi connectivity index (χ3v) is 12.4. The van der Waals surface area contributed by atoms with Crippen LogP contribution in [0, 0.1) is 0 Å². The molecule has 0 aromatic carbocycles. The van der Waals surface area contributed by atoms with Crippen molar-refractivity contribution in [2.75, 3.05) is 0 Å². The first-order chi connectivity index (χ1) is 21.2. The van der Waals surface area contributed by atoms with E-state index in [0.29, 0.717) is 0 Å². The Morgan fingerprint density at radius 1 is 0.364 bits per heavy atom. The lowest BCUT2D eigenvalue weighted by Crippen LogP contribution is -1.90. The van der Waals surface area contributed by atoms with Gasteiger partial charge in [-0.3, -0.25) is 0 Å². The molecule has 4 nitrogen and oxygen atoms in total. The van der Waals surface area contributed by atoms with Gasteiger partial charge in [-0.25, -0.2) is 9.97 Å². The number of hydrogen-bond acceptors (Lipinski definition) is 2. The van der Waals surface area contributed by atoms with Crippen molar-refractivity contribution in [3.63, 3.8) is 0 Å². The lowest BCUT2D eigenvalue weighted by molar-refractivity contribution is 1.07. The van der Waals surface area contributed by atoms with Gasteiger partial charge in [0.05, 0.1) is 62.7 Å². The van der Waals surface area contributed by atoms with Gasteiger partial charge < -0.3 is 9.97 Å². The zero-order chi connectivity index (χ0) is 32.0. The highest BCUT2D eigenvalue weighted by atomic mass is 79.9. The summed E-state index contributed by atoms with van der Waals surface area (Å²) in [6.45, 7) is 17.9. The molecule has 5 heterocycles. The molecule has 0 unspecified atom stereocenters.